The van der Waals surface area contributed by atoms with Crippen LogP contribution in [-0.4, -0.2) is 26.4 Å². The summed E-state index contributed by atoms with van der Waals surface area (Å²) >= 11 is 7.01. The summed E-state index contributed by atoms with van der Waals surface area (Å²) < 4.78 is 42.9. The molecule has 1 heterocycles. The molecule has 0 unspecified atom stereocenters. The lowest BCUT2D eigenvalue weighted by Gasteiger charge is -2.11. The van der Waals surface area contributed by atoms with Crippen molar-refractivity contribution in [3.63, 3.8) is 0 Å². The van der Waals surface area contributed by atoms with Crippen LogP contribution >= 0.6 is 23.4 Å². The number of amides is 1. The molecule has 4 aromatic rings. The Bertz CT molecular complexity index is 1280. The van der Waals surface area contributed by atoms with Crippen LogP contribution < -0.4 is 5.32 Å². The lowest BCUT2D eigenvalue weighted by atomic mass is 10.2. The van der Waals surface area contributed by atoms with E-state index in [2.05, 4.69) is 15.5 Å². The van der Waals surface area contributed by atoms with Crippen LogP contribution in [0.1, 0.15) is 0 Å². The molecule has 1 aromatic heterocycles. The van der Waals surface area contributed by atoms with Gasteiger partial charge in [-0.05, 0) is 48.5 Å². The van der Waals surface area contributed by atoms with Gasteiger partial charge in [-0.15, -0.1) is 10.2 Å². The van der Waals surface area contributed by atoms with Gasteiger partial charge in [0, 0.05) is 16.8 Å². The summed E-state index contributed by atoms with van der Waals surface area (Å²) in [5, 5.41) is 11.5. The van der Waals surface area contributed by atoms with Crippen molar-refractivity contribution in [3.8, 4) is 17.1 Å². The maximum atomic E-state index is 14.4. The molecule has 0 fully saturated rings. The average molecular weight is 475 g/mol. The van der Waals surface area contributed by atoms with E-state index in [1.165, 1.54) is 6.07 Å². The maximum absolute atomic E-state index is 14.4. The Kier molecular flexibility index (Phi) is 6.48. The van der Waals surface area contributed by atoms with E-state index in [4.69, 9.17) is 11.6 Å². The van der Waals surface area contributed by atoms with Gasteiger partial charge in [-0.1, -0.05) is 35.5 Å². The highest BCUT2D eigenvalue weighted by Gasteiger charge is 2.20. The van der Waals surface area contributed by atoms with Crippen LogP contribution in [0.5, 0.6) is 0 Å². The summed E-state index contributed by atoms with van der Waals surface area (Å²) in [4.78, 5) is 12.3. The number of rotatable bonds is 6. The summed E-state index contributed by atoms with van der Waals surface area (Å²) in [6.45, 7) is 0. The second-order valence-corrected chi connectivity index (χ2v) is 7.94. The van der Waals surface area contributed by atoms with Gasteiger partial charge in [-0.2, -0.15) is 0 Å². The Balaban J connectivity index is 1.61. The molecule has 162 valence electrons. The van der Waals surface area contributed by atoms with E-state index in [1.54, 1.807) is 47.0 Å². The van der Waals surface area contributed by atoms with Crippen molar-refractivity contribution in [1.29, 1.82) is 0 Å². The second kappa shape index (κ2) is 9.46. The second-order valence-electron chi connectivity index (χ2n) is 6.56. The standard InChI is InChI=1S/C22H14ClF3N4OS/c23-13-5-8-15(9-6-13)30-21(16-3-1-2-4-17(16)25)28-29-22(30)32-12-20(31)27-19-10-7-14(24)11-18(19)26/h1-11H,12H2,(H,27,31). The van der Waals surface area contributed by atoms with Gasteiger partial charge in [-0.25, -0.2) is 13.2 Å². The van der Waals surface area contributed by atoms with Gasteiger partial charge in [-0.3, -0.25) is 9.36 Å². The van der Waals surface area contributed by atoms with E-state index in [0.717, 1.165) is 23.9 Å². The zero-order valence-corrected chi connectivity index (χ0v) is 17.8. The molecule has 1 N–H and O–H groups in total. The molecule has 0 spiro atoms. The van der Waals surface area contributed by atoms with Crippen LogP contribution in [0.4, 0.5) is 18.9 Å². The fourth-order valence-electron chi connectivity index (χ4n) is 2.91. The zero-order valence-electron chi connectivity index (χ0n) is 16.2. The van der Waals surface area contributed by atoms with Crippen molar-refractivity contribution < 1.29 is 18.0 Å². The fourth-order valence-corrected chi connectivity index (χ4v) is 3.79. The molecule has 0 bridgehead atoms. The van der Waals surface area contributed by atoms with E-state index in [1.807, 2.05) is 0 Å². The van der Waals surface area contributed by atoms with Crippen LogP contribution in [0, 0.1) is 17.5 Å². The molecule has 0 aliphatic carbocycles. The van der Waals surface area contributed by atoms with Crippen LogP contribution in [0.15, 0.2) is 71.9 Å². The number of hydrogen-bond donors (Lipinski definition) is 1. The first-order valence-electron chi connectivity index (χ1n) is 9.26. The van der Waals surface area contributed by atoms with Gasteiger partial charge in [0.25, 0.3) is 0 Å². The molecular formula is C22H14ClF3N4OS. The van der Waals surface area contributed by atoms with Crippen molar-refractivity contribution in [1.82, 2.24) is 14.8 Å². The van der Waals surface area contributed by atoms with Crippen molar-refractivity contribution >= 4 is 35.0 Å². The van der Waals surface area contributed by atoms with Gasteiger partial charge in [0.15, 0.2) is 11.0 Å². The Morgan fingerprint density at radius 1 is 0.969 bits per heavy atom. The Morgan fingerprint density at radius 2 is 1.72 bits per heavy atom. The van der Waals surface area contributed by atoms with E-state index in [9.17, 15) is 18.0 Å². The van der Waals surface area contributed by atoms with Gasteiger partial charge in [0.1, 0.15) is 17.5 Å². The smallest absolute Gasteiger partial charge is 0.234 e. The average Bonchev–Trinajstić information content (AvgIpc) is 3.19. The Labute approximate surface area is 190 Å². The highest BCUT2D eigenvalue weighted by Crippen LogP contribution is 2.30. The van der Waals surface area contributed by atoms with Crippen molar-refractivity contribution in [2.45, 2.75) is 5.16 Å². The van der Waals surface area contributed by atoms with Crippen molar-refractivity contribution in [2.24, 2.45) is 0 Å². The quantitative estimate of drug-likeness (QED) is 0.362. The predicted octanol–water partition coefficient (Wildman–Crippen LogP) is 5.74. The van der Waals surface area contributed by atoms with Crippen molar-refractivity contribution in [3.05, 3.63) is 89.2 Å². The van der Waals surface area contributed by atoms with Crippen LogP contribution in [-0.2, 0) is 4.79 Å². The molecule has 0 atom stereocenters. The van der Waals surface area contributed by atoms with E-state index < -0.39 is 23.4 Å². The Hall–Kier alpha value is -3.30. The minimum Gasteiger partial charge on any atom is -0.323 e. The molecule has 0 saturated carbocycles. The first-order valence-corrected chi connectivity index (χ1v) is 10.6. The number of nitrogens with zero attached hydrogens (tertiary/aromatic N) is 3. The minimum absolute atomic E-state index is 0.136. The van der Waals surface area contributed by atoms with Crippen LogP contribution in [0.2, 0.25) is 5.02 Å². The Morgan fingerprint density at radius 3 is 2.44 bits per heavy atom. The SMILES string of the molecule is O=C(CSc1nnc(-c2ccccc2F)n1-c1ccc(Cl)cc1)Nc1ccc(F)cc1F. The maximum Gasteiger partial charge on any atom is 0.234 e. The number of aromatic nitrogens is 3. The number of carbonyl (C=O) groups is 1. The first-order chi connectivity index (χ1) is 15.4. The van der Waals surface area contributed by atoms with Gasteiger partial charge >= 0.3 is 0 Å². The molecular weight excluding hydrogens is 461 g/mol. The van der Waals surface area contributed by atoms with Crippen LogP contribution in [0.3, 0.4) is 0 Å². The molecule has 0 aliphatic heterocycles. The summed E-state index contributed by atoms with van der Waals surface area (Å²) in [5.41, 5.74) is 0.716. The summed E-state index contributed by atoms with van der Waals surface area (Å²) in [7, 11) is 0. The third-order valence-electron chi connectivity index (χ3n) is 4.37. The molecule has 32 heavy (non-hydrogen) atoms. The molecule has 0 radical (unpaired) electrons. The number of thioether (sulfide) groups is 1. The topological polar surface area (TPSA) is 59.8 Å². The molecule has 4 rings (SSSR count). The van der Waals surface area contributed by atoms with Crippen LogP contribution in [0.25, 0.3) is 17.1 Å². The normalized spacial score (nSPS) is 10.9. The number of benzene rings is 3. The molecule has 5 nitrogen and oxygen atoms in total. The lowest BCUT2D eigenvalue weighted by molar-refractivity contribution is -0.113. The molecule has 0 saturated heterocycles. The van der Waals surface area contributed by atoms with Crippen molar-refractivity contribution in [2.75, 3.05) is 11.1 Å². The largest absolute Gasteiger partial charge is 0.323 e. The predicted molar refractivity (Wildman–Crippen MR) is 117 cm³/mol. The number of anilines is 1. The molecule has 3 aromatic carbocycles. The van der Waals surface area contributed by atoms with E-state index >= 15 is 0 Å². The molecule has 1 amide bonds. The third kappa shape index (κ3) is 4.79. The number of halogens is 4. The zero-order chi connectivity index (χ0) is 22.7. The fraction of sp³-hybridized carbons (Fsp3) is 0.0455. The lowest BCUT2D eigenvalue weighted by Crippen LogP contribution is -2.15. The van der Waals surface area contributed by atoms with Gasteiger partial charge in [0.2, 0.25) is 5.91 Å². The number of carbonyl (C=O) groups excluding carboxylic acids is 1. The number of hydrogen-bond acceptors (Lipinski definition) is 4. The van der Waals surface area contributed by atoms with E-state index in [0.29, 0.717) is 21.9 Å². The molecule has 10 heteroatoms. The highest BCUT2D eigenvalue weighted by atomic mass is 35.5. The summed E-state index contributed by atoms with van der Waals surface area (Å²) in [6.07, 6.45) is 0. The first kappa shape index (κ1) is 21.9. The van der Waals surface area contributed by atoms with Gasteiger partial charge < -0.3 is 5.32 Å². The van der Waals surface area contributed by atoms with E-state index in [-0.39, 0.29) is 22.8 Å². The highest BCUT2D eigenvalue weighted by molar-refractivity contribution is 7.99. The molecule has 0 aliphatic rings. The van der Waals surface area contributed by atoms with Gasteiger partial charge in [0.05, 0.1) is 17.0 Å². The number of nitrogens with one attached hydrogen (secondary N) is 1. The summed E-state index contributed by atoms with van der Waals surface area (Å²) in [5.74, 6) is -2.52. The monoisotopic (exact) mass is 474 g/mol. The summed E-state index contributed by atoms with van der Waals surface area (Å²) in [6, 6.07) is 15.8. The third-order valence-corrected chi connectivity index (χ3v) is 5.55. The minimum atomic E-state index is -0.880.